The zero-order valence-electron chi connectivity index (χ0n) is 7.92. The van der Waals surface area contributed by atoms with Gasteiger partial charge in [-0.1, -0.05) is 15.9 Å². The van der Waals surface area contributed by atoms with Gasteiger partial charge in [0.2, 0.25) is 0 Å². The lowest BCUT2D eigenvalue weighted by Gasteiger charge is -2.16. The molecule has 0 saturated carbocycles. The minimum Gasteiger partial charge on any atom is -0.479 e. The molecule has 0 spiro atoms. The second-order valence-electron chi connectivity index (χ2n) is 3.09. The molecule has 1 rings (SSSR count). The molecule has 0 aliphatic heterocycles. The number of carboxylic acids is 1. The molecule has 17 heavy (non-hydrogen) atoms. The molecule has 0 amide bonds. The van der Waals surface area contributed by atoms with Crippen LogP contribution in [0.1, 0.15) is 17.2 Å². The highest BCUT2D eigenvalue weighted by Crippen LogP contribution is 2.38. The molecule has 0 radical (unpaired) electrons. The van der Waals surface area contributed by atoms with E-state index in [1.807, 2.05) is 0 Å². The minimum absolute atomic E-state index is 0.131. The first-order chi connectivity index (χ1) is 7.64. The van der Waals surface area contributed by atoms with Crippen molar-refractivity contribution in [1.82, 2.24) is 0 Å². The topological polar surface area (TPSA) is 57.5 Å². The van der Waals surface area contributed by atoms with Gasteiger partial charge in [-0.2, -0.15) is 13.2 Å². The number of aliphatic carboxylic acids is 1. The van der Waals surface area contributed by atoms with Crippen LogP contribution < -0.4 is 0 Å². The van der Waals surface area contributed by atoms with Crippen molar-refractivity contribution in [1.29, 1.82) is 0 Å². The van der Waals surface area contributed by atoms with Crippen LogP contribution in [-0.4, -0.2) is 16.2 Å². The molecule has 1 aromatic rings. The van der Waals surface area contributed by atoms with Gasteiger partial charge in [-0.05, 0) is 12.1 Å². The van der Waals surface area contributed by atoms with E-state index in [0.29, 0.717) is 6.07 Å². The molecule has 3 nitrogen and oxygen atoms in total. The number of alkyl halides is 3. The molecule has 8 heteroatoms. The zero-order chi connectivity index (χ0) is 13.4. The van der Waals surface area contributed by atoms with Gasteiger partial charge in [0.05, 0.1) is 5.56 Å². The van der Waals surface area contributed by atoms with E-state index in [-0.39, 0.29) is 6.07 Å². The van der Waals surface area contributed by atoms with Crippen LogP contribution in [-0.2, 0) is 11.0 Å². The van der Waals surface area contributed by atoms with Gasteiger partial charge in [0.15, 0.2) is 6.10 Å². The quantitative estimate of drug-likeness (QED) is 0.825. The van der Waals surface area contributed by atoms with Gasteiger partial charge >= 0.3 is 12.1 Å². The van der Waals surface area contributed by atoms with Gasteiger partial charge < -0.3 is 10.2 Å². The molecule has 0 saturated heterocycles. The molecule has 0 bridgehead atoms. The second kappa shape index (κ2) is 4.61. The Morgan fingerprint density at radius 1 is 1.35 bits per heavy atom. The maximum Gasteiger partial charge on any atom is 0.416 e. The Morgan fingerprint density at radius 3 is 2.29 bits per heavy atom. The van der Waals surface area contributed by atoms with Crippen molar-refractivity contribution < 1.29 is 32.6 Å². The summed E-state index contributed by atoms with van der Waals surface area (Å²) < 4.78 is 50.0. The van der Waals surface area contributed by atoms with Crippen molar-refractivity contribution in [2.24, 2.45) is 0 Å². The molecule has 2 N–H and O–H groups in total. The molecular formula is C9H5BrF4O3. The summed E-state index contributed by atoms with van der Waals surface area (Å²) in [6.07, 6.45) is -7.35. The normalized spacial score (nSPS) is 13.5. The first kappa shape index (κ1) is 13.9. The first-order valence-electron chi connectivity index (χ1n) is 4.11. The maximum absolute atomic E-state index is 12.8. The average molecular weight is 317 g/mol. The van der Waals surface area contributed by atoms with E-state index in [0.717, 1.165) is 0 Å². The lowest BCUT2D eigenvalue weighted by Crippen LogP contribution is -2.18. The molecule has 0 aliphatic carbocycles. The SMILES string of the molecule is O=C(O)C(O)c1c(Br)cc(F)cc1C(F)(F)F. The lowest BCUT2D eigenvalue weighted by molar-refractivity contribution is -0.149. The van der Waals surface area contributed by atoms with E-state index in [9.17, 15) is 22.4 Å². The fourth-order valence-corrected chi connectivity index (χ4v) is 1.87. The average Bonchev–Trinajstić information content (AvgIpc) is 2.14. The van der Waals surface area contributed by atoms with Gasteiger partial charge in [0.25, 0.3) is 0 Å². The van der Waals surface area contributed by atoms with Crippen LogP contribution in [0.4, 0.5) is 17.6 Å². The molecule has 94 valence electrons. The third-order valence-corrected chi connectivity index (χ3v) is 2.56. The van der Waals surface area contributed by atoms with Crippen LogP contribution in [0.15, 0.2) is 16.6 Å². The summed E-state index contributed by atoms with van der Waals surface area (Å²) in [6.45, 7) is 0. The molecule has 0 fully saturated rings. The van der Waals surface area contributed by atoms with E-state index in [1.165, 1.54) is 0 Å². The van der Waals surface area contributed by atoms with Gasteiger partial charge in [-0.3, -0.25) is 0 Å². The zero-order valence-corrected chi connectivity index (χ0v) is 9.51. The van der Waals surface area contributed by atoms with Crippen LogP contribution in [0.3, 0.4) is 0 Å². The van der Waals surface area contributed by atoms with Crippen molar-refractivity contribution in [3.05, 3.63) is 33.5 Å². The van der Waals surface area contributed by atoms with E-state index < -0.39 is 39.7 Å². The summed E-state index contributed by atoms with van der Waals surface area (Å²) in [6, 6.07) is 0.781. The van der Waals surface area contributed by atoms with Crippen molar-refractivity contribution in [2.45, 2.75) is 12.3 Å². The van der Waals surface area contributed by atoms with Gasteiger partial charge in [-0.25, -0.2) is 9.18 Å². The van der Waals surface area contributed by atoms with E-state index in [1.54, 1.807) is 0 Å². The molecule has 0 aliphatic rings. The number of hydrogen-bond donors (Lipinski definition) is 2. The second-order valence-corrected chi connectivity index (χ2v) is 3.94. The number of hydrogen-bond acceptors (Lipinski definition) is 2. The van der Waals surface area contributed by atoms with Crippen molar-refractivity contribution >= 4 is 21.9 Å². The summed E-state index contributed by atoms with van der Waals surface area (Å²) in [4.78, 5) is 10.5. The van der Waals surface area contributed by atoms with Crippen molar-refractivity contribution in [3.8, 4) is 0 Å². The molecule has 1 aromatic carbocycles. The first-order valence-corrected chi connectivity index (χ1v) is 4.91. The van der Waals surface area contributed by atoms with Gasteiger partial charge in [0.1, 0.15) is 5.82 Å². The highest BCUT2D eigenvalue weighted by molar-refractivity contribution is 9.10. The maximum atomic E-state index is 12.8. The Bertz CT molecular complexity index is 458. The van der Waals surface area contributed by atoms with Crippen LogP contribution >= 0.6 is 15.9 Å². The van der Waals surface area contributed by atoms with Crippen LogP contribution in [0, 0.1) is 5.82 Å². The largest absolute Gasteiger partial charge is 0.479 e. The predicted molar refractivity (Wildman–Crippen MR) is 51.7 cm³/mol. The number of halogens is 5. The molecule has 0 heterocycles. The number of aliphatic hydroxyl groups is 1. The fraction of sp³-hybridized carbons (Fsp3) is 0.222. The number of benzene rings is 1. The summed E-state index contributed by atoms with van der Waals surface area (Å²) >= 11 is 2.60. The fourth-order valence-electron chi connectivity index (χ4n) is 1.22. The summed E-state index contributed by atoms with van der Waals surface area (Å²) in [5.41, 5.74) is -2.45. The number of aliphatic hydroxyl groups excluding tert-OH is 1. The summed E-state index contributed by atoms with van der Waals surface area (Å²) in [5.74, 6) is -3.05. The Morgan fingerprint density at radius 2 is 1.88 bits per heavy atom. The van der Waals surface area contributed by atoms with Crippen molar-refractivity contribution in [3.63, 3.8) is 0 Å². The summed E-state index contributed by atoms with van der Waals surface area (Å²) in [7, 11) is 0. The smallest absolute Gasteiger partial charge is 0.416 e. The molecule has 1 unspecified atom stereocenters. The highest BCUT2D eigenvalue weighted by Gasteiger charge is 2.38. The molecule has 0 aromatic heterocycles. The van der Waals surface area contributed by atoms with Gasteiger partial charge in [-0.15, -0.1) is 0 Å². The van der Waals surface area contributed by atoms with Crippen LogP contribution in [0.25, 0.3) is 0 Å². The summed E-state index contributed by atoms with van der Waals surface area (Å²) in [5, 5.41) is 17.6. The third-order valence-electron chi connectivity index (χ3n) is 1.91. The Kier molecular flexibility index (Phi) is 3.78. The van der Waals surface area contributed by atoms with Crippen molar-refractivity contribution in [2.75, 3.05) is 0 Å². The van der Waals surface area contributed by atoms with Gasteiger partial charge in [0, 0.05) is 10.0 Å². The Balaban J connectivity index is 3.52. The lowest BCUT2D eigenvalue weighted by atomic mass is 10.0. The number of carboxylic acid groups (broad SMARTS) is 1. The standard InChI is InChI=1S/C9H5BrF4O3/c10-5-2-3(11)1-4(9(12,13)14)6(5)7(15)8(16)17/h1-2,7,15H,(H,16,17). The highest BCUT2D eigenvalue weighted by atomic mass is 79.9. The Hall–Kier alpha value is -1.15. The predicted octanol–water partition coefficient (Wildman–Crippen LogP) is 2.72. The van der Waals surface area contributed by atoms with E-state index in [2.05, 4.69) is 15.9 Å². The van der Waals surface area contributed by atoms with Crippen LogP contribution in [0.5, 0.6) is 0 Å². The third kappa shape index (κ3) is 2.95. The van der Waals surface area contributed by atoms with E-state index >= 15 is 0 Å². The molecule has 1 atom stereocenters. The molecular weight excluding hydrogens is 312 g/mol. The minimum atomic E-state index is -4.96. The number of rotatable bonds is 2. The monoisotopic (exact) mass is 316 g/mol. The number of carbonyl (C=O) groups is 1. The van der Waals surface area contributed by atoms with Crippen LogP contribution in [0.2, 0.25) is 0 Å². The van der Waals surface area contributed by atoms with E-state index in [4.69, 9.17) is 10.2 Å². The Labute approximate surface area is 101 Å².